The van der Waals surface area contributed by atoms with Crippen LogP contribution in [-0.4, -0.2) is 9.78 Å². The van der Waals surface area contributed by atoms with E-state index in [-0.39, 0.29) is 0 Å². The van der Waals surface area contributed by atoms with Gasteiger partial charge in [0.2, 0.25) is 0 Å². The number of nitrogens with zero attached hydrogens (tertiary/aromatic N) is 2. The molecule has 0 aromatic carbocycles. The third-order valence-electron chi connectivity index (χ3n) is 1.79. The molecule has 0 bridgehead atoms. The van der Waals surface area contributed by atoms with E-state index in [0.29, 0.717) is 0 Å². The van der Waals surface area contributed by atoms with Crippen molar-refractivity contribution < 1.29 is 0 Å². The summed E-state index contributed by atoms with van der Waals surface area (Å²) in [5, 5.41) is 4.22. The second-order valence-corrected chi connectivity index (χ2v) is 2.44. The molecular weight excluding hydrogens is 148 g/mol. The quantitative estimate of drug-likeness (QED) is 0.664. The molecule has 70 valence electrons. The van der Waals surface area contributed by atoms with Gasteiger partial charge in [-0.05, 0) is 25.8 Å². The first-order valence-electron chi connectivity index (χ1n) is 4.80. The van der Waals surface area contributed by atoms with Crippen molar-refractivity contribution >= 4 is 0 Å². The van der Waals surface area contributed by atoms with E-state index >= 15 is 0 Å². The van der Waals surface area contributed by atoms with E-state index in [9.17, 15) is 0 Å². The average molecular weight is 168 g/mol. The van der Waals surface area contributed by atoms with E-state index < -0.39 is 0 Å². The largest absolute Gasteiger partial charge is 0.270 e. The van der Waals surface area contributed by atoms with Crippen LogP contribution >= 0.6 is 0 Å². The van der Waals surface area contributed by atoms with Gasteiger partial charge in [-0.3, -0.25) is 4.68 Å². The fourth-order valence-electron chi connectivity index (χ4n) is 1.24. The molecule has 0 saturated carbocycles. The zero-order valence-corrected chi connectivity index (χ0v) is 8.89. The summed E-state index contributed by atoms with van der Waals surface area (Å²) in [6.45, 7) is 11.4. The van der Waals surface area contributed by atoms with E-state index in [0.717, 1.165) is 13.0 Å². The molecule has 1 rings (SSSR count). The van der Waals surface area contributed by atoms with Crippen LogP contribution < -0.4 is 0 Å². The van der Waals surface area contributed by atoms with Crippen LogP contribution in [-0.2, 0) is 13.0 Å². The molecule has 12 heavy (non-hydrogen) atoms. The lowest BCUT2D eigenvalue weighted by molar-refractivity contribution is 0.625. The van der Waals surface area contributed by atoms with Crippen LogP contribution in [0.3, 0.4) is 0 Å². The second-order valence-electron chi connectivity index (χ2n) is 2.44. The predicted molar refractivity (Wildman–Crippen MR) is 53.4 cm³/mol. The first-order chi connectivity index (χ1) is 5.79. The van der Waals surface area contributed by atoms with Crippen molar-refractivity contribution in [2.24, 2.45) is 0 Å². The normalized spacial score (nSPS) is 9.08. The number of aromatic nitrogens is 2. The molecule has 1 heterocycles. The smallest absolute Gasteiger partial charge is 0.0521 e. The molecule has 0 saturated heterocycles. The Morgan fingerprint density at radius 3 is 2.25 bits per heavy atom. The van der Waals surface area contributed by atoms with Crippen molar-refractivity contribution in [2.45, 2.75) is 47.6 Å². The molecular formula is C10H20N2. The summed E-state index contributed by atoms with van der Waals surface area (Å²) in [5.74, 6) is 0. The summed E-state index contributed by atoms with van der Waals surface area (Å²) in [4.78, 5) is 0. The highest BCUT2D eigenvalue weighted by Crippen LogP contribution is 2.06. The summed E-state index contributed by atoms with van der Waals surface area (Å²) < 4.78 is 2.05. The van der Waals surface area contributed by atoms with Gasteiger partial charge >= 0.3 is 0 Å². The zero-order chi connectivity index (χ0) is 9.56. The lowest BCUT2D eigenvalue weighted by Gasteiger charge is -2.01. The molecule has 1 aromatic rings. The Morgan fingerprint density at radius 2 is 1.92 bits per heavy atom. The fourth-order valence-corrected chi connectivity index (χ4v) is 1.24. The Bertz CT molecular complexity index is 214. The van der Waals surface area contributed by atoms with E-state index in [1.165, 1.54) is 11.3 Å². The van der Waals surface area contributed by atoms with Crippen LogP contribution in [0.25, 0.3) is 0 Å². The maximum absolute atomic E-state index is 4.22. The van der Waals surface area contributed by atoms with Crippen molar-refractivity contribution in [3.8, 4) is 0 Å². The summed E-state index contributed by atoms with van der Waals surface area (Å²) in [5.41, 5.74) is 2.67. The van der Waals surface area contributed by atoms with Crippen LogP contribution in [0.1, 0.15) is 39.0 Å². The van der Waals surface area contributed by atoms with Gasteiger partial charge in [-0.15, -0.1) is 0 Å². The third kappa shape index (κ3) is 2.36. The summed E-state index contributed by atoms with van der Waals surface area (Å²) in [6.07, 6.45) is 3.02. The first kappa shape index (κ1) is 11.2. The maximum Gasteiger partial charge on any atom is 0.0521 e. The van der Waals surface area contributed by atoms with E-state index in [1.807, 2.05) is 20.0 Å². The van der Waals surface area contributed by atoms with Gasteiger partial charge in [0.25, 0.3) is 0 Å². The van der Waals surface area contributed by atoms with Crippen LogP contribution in [0, 0.1) is 6.92 Å². The highest BCUT2D eigenvalue weighted by atomic mass is 15.3. The molecule has 2 nitrogen and oxygen atoms in total. The van der Waals surface area contributed by atoms with E-state index in [1.54, 1.807) is 0 Å². The monoisotopic (exact) mass is 168 g/mol. The molecule has 0 radical (unpaired) electrons. The highest BCUT2D eigenvalue weighted by molar-refractivity contribution is 5.14. The van der Waals surface area contributed by atoms with Gasteiger partial charge in [0.1, 0.15) is 0 Å². The molecule has 0 aliphatic rings. The molecule has 0 aliphatic carbocycles. The molecule has 2 heteroatoms. The van der Waals surface area contributed by atoms with Gasteiger partial charge in [0.15, 0.2) is 0 Å². The maximum atomic E-state index is 4.22. The minimum Gasteiger partial charge on any atom is -0.270 e. The lowest BCUT2D eigenvalue weighted by atomic mass is 10.2. The molecule has 0 atom stereocenters. The van der Waals surface area contributed by atoms with Gasteiger partial charge in [-0.1, -0.05) is 20.8 Å². The molecule has 0 fully saturated rings. The molecule has 0 aliphatic heterocycles. The van der Waals surface area contributed by atoms with Gasteiger partial charge in [0.05, 0.1) is 6.20 Å². The molecule has 0 unspecified atom stereocenters. The minimum atomic E-state index is 0.983. The van der Waals surface area contributed by atoms with E-state index in [2.05, 4.69) is 30.6 Å². The highest BCUT2D eigenvalue weighted by Gasteiger charge is 2.01. The number of hydrogen-bond donors (Lipinski definition) is 0. The first-order valence-corrected chi connectivity index (χ1v) is 4.80. The fraction of sp³-hybridized carbons (Fsp3) is 0.700. The summed E-state index contributed by atoms with van der Waals surface area (Å²) in [7, 11) is 0. The van der Waals surface area contributed by atoms with Crippen LogP contribution in [0.2, 0.25) is 0 Å². The van der Waals surface area contributed by atoms with Crippen molar-refractivity contribution in [1.29, 1.82) is 0 Å². The summed E-state index contributed by atoms with van der Waals surface area (Å²) in [6, 6.07) is 0. The Hall–Kier alpha value is -0.790. The standard InChI is InChI=1S/C8H14N2.C2H6/c1-4-8-7(3)6-9-10(8)5-2;1-2/h6H,4-5H2,1-3H3;1-2H3. The van der Waals surface area contributed by atoms with Crippen molar-refractivity contribution in [3.05, 3.63) is 17.5 Å². The third-order valence-corrected chi connectivity index (χ3v) is 1.79. The number of aryl methyl sites for hydroxylation is 2. The Balaban J connectivity index is 0.000000561. The summed E-state index contributed by atoms with van der Waals surface area (Å²) >= 11 is 0. The molecule has 0 spiro atoms. The van der Waals surface area contributed by atoms with Crippen molar-refractivity contribution in [1.82, 2.24) is 9.78 Å². The van der Waals surface area contributed by atoms with Crippen molar-refractivity contribution in [2.75, 3.05) is 0 Å². The Morgan fingerprint density at radius 1 is 1.33 bits per heavy atom. The molecule has 0 N–H and O–H groups in total. The van der Waals surface area contributed by atoms with Crippen LogP contribution in [0.5, 0.6) is 0 Å². The second kappa shape index (κ2) is 5.81. The average Bonchev–Trinajstić information content (AvgIpc) is 2.49. The topological polar surface area (TPSA) is 17.8 Å². The molecule has 1 aromatic heterocycles. The van der Waals surface area contributed by atoms with Gasteiger partial charge < -0.3 is 0 Å². The van der Waals surface area contributed by atoms with Crippen LogP contribution in [0.15, 0.2) is 6.20 Å². The predicted octanol–water partition coefficient (Wildman–Crippen LogP) is 2.80. The Labute approximate surface area is 75.6 Å². The number of rotatable bonds is 2. The van der Waals surface area contributed by atoms with Gasteiger partial charge in [-0.2, -0.15) is 5.10 Å². The Kier molecular flexibility index (Phi) is 5.43. The van der Waals surface area contributed by atoms with Crippen molar-refractivity contribution in [3.63, 3.8) is 0 Å². The van der Waals surface area contributed by atoms with Gasteiger partial charge in [0, 0.05) is 12.2 Å². The SMILES string of the molecule is CC.CCc1c(C)cnn1CC. The molecule has 0 amide bonds. The number of hydrogen-bond acceptors (Lipinski definition) is 1. The van der Waals surface area contributed by atoms with Crippen LogP contribution in [0.4, 0.5) is 0 Å². The van der Waals surface area contributed by atoms with Gasteiger partial charge in [-0.25, -0.2) is 0 Å². The van der Waals surface area contributed by atoms with E-state index in [4.69, 9.17) is 0 Å². The lowest BCUT2D eigenvalue weighted by Crippen LogP contribution is -2.01. The minimum absolute atomic E-state index is 0.983. The zero-order valence-electron chi connectivity index (χ0n) is 8.89.